The lowest BCUT2D eigenvalue weighted by Crippen LogP contribution is -2.40. The molecule has 2 N–H and O–H groups in total. The number of nitrogens with one attached hydrogen (secondary N) is 1. The summed E-state index contributed by atoms with van der Waals surface area (Å²) < 4.78 is 0. The average Bonchev–Trinajstić information content (AvgIpc) is 2.42. The SMILES string of the molecule is O=C(O)/C=C/NC1CCN(Cc2ccccc2)CC1. The molecule has 1 aromatic rings. The molecule has 0 aliphatic carbocycles. The molecular weight excluding hydrogens is 240 g/mol. The van der Waals surface area contributed by atoms with Crippen molar-refractivity contribution in [3.05, 3.63) is 48.2 Å². The quantitative estimate of drug-likeness (QED) is 0.793. The van der Waals surface area contributed by atoms with Gasteiger partial charge < -0.3 is 10.4 Å². The van der Waals surface area contributed by atoms with Crippen LogP contribution in [0.15, 0.2) is 42.6 Å². The minimum absolute atomic E-state index is 0.391. The van der Waals surface area contributed by atoms with E-state index < -0.39 is 5.97 Å². The topological polar surface area (TPSA) is 52.6 Å². The van der Waals surface area contributed by atoms with Crippen molar-refractivity contribution in [1.82, 2.24) is 10.2 Å². The number of aliphatic carboxylic acids is 1. The Morgan fingerprint density at radius 3 is 2.63 bits per heavy atom. The fourth-order valence-corrected chi connectivity index (χ4v) is 2.35. The predicted molar refractivity (Wildman–Crippen MR) is 74.7 cm³/mol. The summed E-state index contributed by atoms with van der Waals surface area (Å²) in [5, 5.41) is 11.7. The smallest absolute Gasteiger partial charge is 0.329 e. The number of piperidine rings is 1. The minimum Gasteiger partial charge on any atom is -0.478 e. The Hall–Kier alpha value is -1.81. The molecule has 4 heteroatoms. The summed E-state index contributed by atoms with van der Waals surface area (Å²) in [6.07, 6.45) is 4.80. The van der Waals surface area contributed by atoms with Crippen molar-refractivity contribution in [3.63, 3.8) is 0 Å². The van der Waals surface area contributed by atoms with Crippen molar-refractivity contribution < 1.29 is 9.90 Å². The molecular formula is C15H20N2O2. The summed E-state index contributed by atoms with van der Waals surface area (Å²) in [6, 6.07) is 10.9. The molecule has 1 saturated heterocycles. The maximum atomic E-state index is 10.4. The maximum Gasteiger partial charge on any atom is 0.329 e. The zero-order chi connectivity index (χ0) is 13.5. The molecule has 0 atom stereocenters. The Labute approximate surface area is 113 Å². The highest BCUT2D eigenvalue weighted by Gasteiger charge is 2.17. The van der Waals surface area contributed by atoms with Crippen LogP contribution in [0, 0.1) is 0 Å². The number of carboxylic acid groups (broad SMARTS) is 1. The van der Waals surface area contributed by atoms with Crippen molar-refractivity contribution in [2.75, 3.05) is 13.1 Å². The highest BCUT2D eigenvalue weighted by Crippen LogP contribution is 2.13. The molecule has 1 aliphatic heterocycles. The van der Waals surface area contributed by atoms with E-state index in [-0.39, 0.29) is 0 Å². The summed E-state index contributed by atoms with van der Waals surface area (Å²) in [6.45, 7) is 3.10. The number of hydrogen-bond acceptors (Lipinski definition) is 3. The van der Waals surface area contributed by atoms with Crippen LogP contribution >= 0.6 is 0 Å². The largest absolute Gasteiger partial charge is 0.478 e. The molecule has 1 fully saturated rings. The lowest BCUT2D eigenvalue weighted by atomic mass is 10.0. The van der Waals surface area contributed by atoms with E-state index in [1.54, 1.807) is 6.20 Å². The molecule has 1 aromatic carbocycles. The van der Waals surface area contributed by atoms with Gasteiger partial charge in [0.1, 0.15) is 0 Å². The monoisotopic (exact) mass is 260 g/mol. The van der Waals surface area contributed by atoms with Gasteiger partial charge in [-0.25, -0.2) is 4.79 Å². The molecule has 0 unspecified atom stereocenters. The number of rotatable bonds is 5. The van der Waals surface area contributed by atoms with Crippen LogP contribution in [0.1, 0.15) is 18.4 Å². The lowest BCUT2D eigenvalue weighted by molar-refractivity contribution is -0.131. The number of likely N-dealkylation sites (tertiary alicyclic amines) is 1. The second kappa shape index (κ2) is 6.95. The zero-order valence-corrected chi connectivity index (χ0v) is 11.0. The average molecular weight is 260 g/mol. The van der Waals surface area contributed by atoms with Gasteiger partial charge in [-0.2, -0.15) is 0 Å². The van der Waals surface area contributed by atoms with Crippen LogP contribution in [-0.2, 0) is 11.3 Å². The first-order chi connectivity index (χ1) is 9.24. The fourth-order valence-electron chi connectivity index (χ4n) is 2.35. The van der Waals surface area contributed by atoms with E-state index in [0.717, 1.165) is 38.6 Å². The first-order valence-corrected chi connectivity index (χ1v) is 6.66. The van der Waals surface area contributed by atoms with Crippen LogP contribution in [0.4, 0.5) is 0 Å². The van der Waals surface area contributed by atoms with Crippen molar-refractivity contribution in [3.8, 4) is 0 Å². The van der Waals surface area contributed by atoms with E-state index in [4.69, 9.17) is 5.11 Å². The fraction of sp³-hybridized carbons (Fsp3) is 0.400. The van der Waals surface area contributed by atoms with Crippen molar-refractivity contribution in [2.24, 2.45) is 0 Å². The summed E-state index contributed by atoms with van der Waals surface area (Å²) >= 11 is 0. The third kappa shape index (κ3) is 4.75. The summed E-state index contributed by atoms with van der Waals surface area (Å²) in [5.41, 5.74) is 1.35. The van der Waals surface area contributed by atoms with Crippen molar-refractivity contribution >= 4 is 5.97 Å². The Kier molecular flexibility index (Phi) is 4.98. The molecule has 102 valence electrons. The molecule has 1 heterocycles. The number of carboxylic acids is 1. The van der Waals surface area contributed by atoms with E-state index in [2.05, 4.69) is 34.5 Å². The van der Waals surface area contributed by atoms with E-state index in [1.807, 2.05) is 6.07 Å². The van der Waals surface area contributed by atoms with Gasteiger partial charge in [0.15, 0.2) is 0 Å². The number of hydrogen-bond donors (Lipinski definition) is 2. The molecule has 1 aliphatic rings. The van der Waals surface area contributed by atoms with Gasteiger partial charge in [0, 0.05) is 38.0 Å². The van der Waals surface area contributed by atoms with E-state index in [1.165, 1.54) is 5.56 Å². The minimum atomic E-state index is -0.908. The molecule has 2 rings (SSSR count). The first-order valence-electron chi connectivity index (χ1n) is 6.66. The molecule has 0 spiro atoms. The number of benzene rings is 1. The first kappa shape index (κ1) is 13.6. The van der Waals surface area contributed by atoms with Crippen LogP contribution in [0.3, 0.4) is 0 Å². The van der Waals surface area contributed by atoms with Gasteiger partial charge in [-0.15, -0.1) is 0 Å². The van der Waals surface area contributed by atoms with Crippen LogP contribution in [0.5, 0.6) is 0 Å². The molecule has 0 amide bonds. The van der Waals surface area contributed by atoms with Crippen molar-refractivity contribution in [1.29, 1.82) is 0 Å². The Balaban J connectivity index is 1.72. The summed E-state index contributed by atoms with van der Waals surface area (Å²) in [5.74, 6) is -0.908. The Morgan fingerprint density at radius 1 is 1.32 bits per heavy atom. The standard InChI is InChI=1S/C15H20N2O2/c18-15(19)6-9-16-14-7-10-17(11-8-14)12-13-4-2-1-3-5-13/h1-6,9,14,16H,7-8,10-12H2,(H,18,19)/b9-6+. The van der Waals surface area contributed by atoms with Gasteiger partial charge >= 0.3 is 5.97 Å². The maximum absolute atomic E-state index is 10.4. The highest BCUT2D eigenvalue weighted by molar-refractivity contribution is 5.79. The highest BCUT2D eigenvalue weighted by atomic mass is 16.4. The van der Waals surface area contributed by atoms with Gasteiger partial charge in [-0.3, -0.25) is 4.90 Å². The molecule has 0 bridgehead atoms. The van der Waals surface area contributed by atoms with Gasteiger partial charge in [-0.1, -0.05) is 30.3 Å². The molecule has 0 saturated carbocycles. The van der Waals surface area contributed by atoms with E-state index >= 15 is 0 Å². The Morgan fingerprint density at radius 2 is 2.00 bits per heavy atom. The Bertz CT molecular complexity index is 423. The van der Waals surface area contributed by atoms with Crippen LogP contribution in [0.2, 0.25) is 0 Å². The van der Waals surface area contributed by atoms with E-state index in [0.29, 0.717) is 6.04 Å². The third-order valence-electron chi connectivity index (χ3n) is 3.39. The van der Waals surface area contributed by atoms with Gasteiger partial charge in [0.25, 0.3) is 0 Å². The molecule has 0 radical (unpaired) electrons. The van der Waals surface area contributed by atoms with Crippen LogP contribution in [0.25, 0.3) is 0 Å². The molecule has 0 aromatic heterocycles. The molecule has 19 heavy (non-hydrogen) atoms. The van der Waals surface area contributed by atoms with Crippen molar-refractivity contribution in [2.45, 2.75) is 25.4 Å². The van der Waals surface area contributed by atoms with E-state index in [9.17, 15) is 4.79 Å². The molecule has 4 nitrogen and oxygen atoms in total. The van der Waals surface area contributed by atoms with Crippen LogP contribution < -0.4 is 5.32 Å². The number of nitrogens with zero attached hydrogens (tertiary/aromatic N) is 1. The second-order valence-corrected chi connectivity index (χ2v) is 4.87. The van der Waals surface area contributed by atoms with Crippen LogP contribution in [-0.4, -0.2) is 35.1 Å². The second-order valence-electron chi connectivity index (χ2n) is 4.87. The lowest BCUT2D eigenvalue weighted by Gasteiger charge is -2.32. The predicted octanol–water partition coefficient (Wildman–Crippen LogP) is 1.84. The van der Waals surface area contributed by atoms with Gasteiger partial charge in [-0.05, 0) is 18.4 Å². The van der Waals surface area contributed by atoms with Gasteiger partial charge in [0.05, 0.1) is 0 Å². The zero-order valence-electron chi connectivity index (χ0n) is 11.0. The summed E-state index contributed by atoms with van der Waals surface area (Å²) in [7, 11) is 0. The van der Waals surface area contributed by atoms with Gasteiger partial charge in [0.2, 0.25) is 0 Å². The third-order valence-corrected chi connectivity index (χ3v) is 3.39. The normalized spacial score (nSPS) is 17.7. The number of carbonyl (C=O) groups is 1. The summed E-state index contributed by atoms with van der Waals surface area (Å²) in [4.78, 5) is 12.8.